The Kier molecular flexibility index (Phi) is 6.68. The summed E-state index contributed by atoms with van der Waals surface area (Å²) in [6.45, 7) is 4.97. The zero-order valence-corrected chi connectivity index (χ0v) is 17.1. The Bertz CT molecular complexity index is 944. The zero-order valence-electron chi connectivity index (χ0n) is 16.2. The highest BCUT2D eigenvalue weighted by atomic mass is 32.2. The molecule has 1 aliphatic rings. The van der Waals surface area contributed by atoms with Gasteiger partial charge >= 0.3 is 0 Å². The van der Waals surface area contributed by atoms with E-state index in [1.54, 1.807) is 0 Å². The second-order valence-corrected chi connectivity index (χ2v) is 8.62. The maximum Gasteiger partial charge on any atom is 0.293 e. The third kappa shape index (κ3) is 5.22. The van der Waals surface area contributed by atoms with Gasteiger partial charge in [0.05, 0.1) is 9.82 Å². The molecule has 2 aromatic carbocycles. The number of nitro groups is 1. The maximum absolute atomic E-state index is 11.9. The summed E-state index contributed by atoms with van der Waals surface area (Å²) in [6.07, 6.45) is 0. The van der Waals surface area contributed by atoms with Crippen molar-refractivity contribution in [3.05, 3.63) is 58.6 Å². The highest BCUT2D eigenvalue weighted by Crippen LogP contribution is 2.27. The number of nitro benzene ring substituents is 1. The normalized spacial score (nSPS) is 15.3. The molecule has 1 fully saturated rings. The fraction of sp³-hybridized carbons (Fsp3) is 0.368. The van der Waals surface area contributed by atoms with Crippen molar-refractivity contribution in [2.75, 3.05) is 56.5 Å². The molecule has 10 heteroatoms. The van der Waals surface area contributed by atoms with E-state index >= 15 is 0 Å². The van der Waals surface area contributed by atoms with Gasteiger partial charge in [0.25, 0.3) is 5.69 Å². The molecule has 0 bridgehead atoms. The zero-order chi connectivity index (χ0) is 20.9. The lowest BCUT2D eigenvalue weighted by molar-refractivity contribution is -0.384. The van der Waals surface area contributed by atoms with Crippen LogP contribution in [0.15, 0.2) is 53.4 Å². The van der Waals surface area contributed by atoms with Crippen molar-refractivity contribution in [2.45, 2.75) is 4.90 Å². The second kappa shape index (κ2) is 9.21. The molecule has 9 nitrogen and oxygen atoms in total. The van der Waals surface area contributed by atoms with Gasteiger partial charge in [-0.25, -0.2) is 13.1 Å². The van der Waals surface area contributed by atoms with Crippen LogP contribution in [0.25, 0.3) is 0 Å². The number of hydrogen-bond acceptors (Lipinski definition) is 7. The summed E-state index contributed by atoms with van der Waals surface area (Å²) in [6, 6.07) is 14.2. The smallest absolute Gasteiger partial charge is 0.293 e. The molecule has 0 saturated carbocycles. The summed E-state index contributed by atoms with van der Waals surface area (Å²) >= 11 is 0. The van der Waals surface area contributed by atoms with E-state index in [-0.39, 0.29) is 10.6 Å². The quantitative estimate of drug-likeness (QED) is 0.496. The molecule has 3 rings (SSSR count). The van der Waals surface area contributed by atoms with E-state index in [9.17, 15) is 18.5 Å². The molecule has 156 valence electrons. The number of nitrogens with zero attached hydrogens (tertiary/aromatic N) is 3. The number of sulfonamides is 1. The lowest BCUT2D eigenvalue weighted by Crippen LogP contribution is -2.47. The summed E-state index contributed by atoms with van der Waals surface area (Å²) < 4.78 is 25.9. The number of nitrogens with one attached hydrogen (secondary N) is 2. The van der Waals surface area contributed by atoms with Gasteiger partial charge < -0.3 is 10.2 Å². The SMILES string of the molecule is CNS(=O)(=O)c1ccc(NCCN2CCN(c3ccccc3)CC2)c([N+](=O)[O-])c1. The van der Waals surface area contributed by atoms with E-state index in [0.717, 1.165) is 38.8 Å². The van der Waals surface area contributed by atoms with Crippen LogP contribution in [0.2, 0.25) is 0 Å². The molecule has 0 atom stereocenters. The number of para-hydroxylation sites is 1. The standard InChI is InChI=1S/C19H25N5O4S/c1-20-29(27,28)17-7-8-18(19(15-17)24(25)26)21-9-10-22-11-13-23(14-12-22)16-5-3-2-4-6-16/h2-8,15,20-21H,9-14H2,1H3. The number of piperazine rings is 1. The average molecular weight is 420 g/mol. The molecule has 0 spiro atoms. The second-order valence-electron chi connectivity index (χ2n) is 6.73. The molecule has 0 amide bonds. The molecular formula is C19H25N5O4S. The van der Waals surface area contributed by atoms with Gasteiger partial charge in [0, 0.05) is 51.0 Å². The van der Waals surface area contributed by atoms with E-state index in [2.05, 4.69) is 32.0 Å². The fourth-order valence-corrected chi connectivity index (χ4v) is 4.06. The third-order valence-corrected chi connectivity index (χ3v) is 6.39. The van der Waals surface area contributed by atoms with Crippen molar-refractivity contribution < 1.29 is 13.3 Å². The first kappa shape index (κ1) is 21.0. The number of hydrogen-bond donors (Lipinski definition) is 2. The highest BCUT2D eigenvalue weighted by molar-refractivity contribution is 7.89. The van der Waals surface area contributed by atoms with Crippen LogP contribution in [0.3, 0.4) is 0 Å². The Morgan fingerprint density at radius 3 is 2.38 bits per heavy atom. The molecular weight excluding hydrogens is 394 g/mol. The Hall–Kier alpha value is -2.69. The van der Waals surface area contributed by atoms with Crippen molar-refractivity contribution in [3.8, 4) is 0 Å². The minimum Gasteiger partial charge on any atom is -0.378 e. The van der Waals surface area contributed by atoms with Crippen molar-refractivity contribution in [2.24, 2.45) is 0 Å². The first-order valence-electron chi connectivity index (χ1n) is 9.39. The minimum atomic E-state index is -3.73. The number of rotatable bonds is 8. The first-order chi connectivity index (χ1) is 13.9. The van der Waals surface area contributed by atoms with Gasteiger partial charge in [-0.15, -0.1) is 0 Å². The van der Waals surface area contributed by atoms with Crippen LogP contribution in [0.1, 0.15) is 0 Å². The summed E-state index contributed by atoms with van der Waals surface area (Å²) in [5, 5.41) is 14.4. The van der Waals surface area contributed by atoms with E-state index < -0.39 is 14.9 Å². The fourth-order valence-electron chi connectivity index (χ4n) is 3.31. The van der Waals surface area contributed by atoms with Gasteiger partial charge in [0.15, 0.2) is 0 Å². The predicted octanol–water partition coefficient (Wildman–Crippen LogP) is 1.74. The molecule has 0 aromatic heterocycles. The van der Waals surface area contributed by atoms with Crippen molar-refractivity contribution in [3.63, 3.8) is 0 Å². The summed E-state index contributed by atoms with van der Waals surface area (Å²) in [4.78, 5) is 15.3. The Labute approximate surface area is 170 Å². The van der Waals surface area contributed by atoms with Crippen molar-refractivity contribution >= 4 is 27.1 Å². The largest absolute Gasteiger partial charge is 0.378 e. The van der Waals surface area contributed by atoms with Gasteiger partial charge in [-0.3, -0.25) is 15.0 Å². The van der Waals surface area contributed by atoms with E-state index in [0.29, 0.717) is 12.2 Å². The predicted molar refractivity (Wildman–Crippen MR) is 113 cm³/mol. The Balaban J connectivity index is 1.55. The molecule has 0 unspecified atom stereocenters. The summed E-state index contributed by atoms with van der Waals surface area (Å²) in [7, 11) is -2.46. The number of anilines is 2. The highest BCUT2D eigenvalue weighted by Gasteiger charge is 2.21. The Morgan fingerprint density at radius 2 is 1.76 bits per heavy atom. The monoisotopic (exact) mass is 419 g/mol. The topological polar surface area (TPSA) is 108 Å². The van der Waals surface area contributed by atoms with Gasteiger partial charge in [-0.1, -0.05) is 18.2 Å². The third-order valence-electron chi connectivity index (χ3n) is 4.98. The molecule has 1 saturated heterocycles. The molecule has 1 heterocycles. The van der Waals surface area contributed by atoms with Crippen LogP contribution in [-0.4, -0.2) is 64.6 Å². The molecule has 2 aromatic rings. The Morgan fingerprint density at radius 1 is 1.07 bits per heavy atom. The molecule has 0 radical (unpaired) electrons. The number of benzene rings is 2. The molecule has 1 aliphatic heterocycles. The van der Waals surface area contributed by atoms with E-state index in [1.165, 1.54) is 24.9 Å². The van der Waals surface area contributed by atoms with E-state index in [1.807, 2.05) is 18.2 Å². The van der Waals surface area contributed by atoms with Crippen LogP contribution >= 0.6 is 0 Å². The minimum absolute atomic E-state index is 0.130. The average Bonchev–Trinajstić information content (AvgIpc) is 2.75. The van der Waals surface area contributed by atoms with Crippen LogP contribution in [0.5, 0.6) is 0 Å². The lowest BCUT2D eigenvalue weighted by Gasteiger charge is -2.36. The van der Waals surface area contributed by atoms with Gasteiger partial charge in [-0.05, 0) is 31.3 Å². The molecule has 0 aliphatic carbocycles. The summed E-state index contributed by atoms with van der Waals surface area (Å²) in [5.41, 5.74) is 1.28. The molecule has 2 N–H and O–H groups in total. The lowest BCUT2D eigenvalue weighted by atomic mass is 10.2. The van der Waals surface area contributed by atoms with Crippen molar-refractivity contribution in [1.82, 2.24) is 9.62 Å². The molecule has 29 heavy (non-hydrogen) atoms. The van der Waals surface area contributed by atoms with Crippen LogP contribution in [0.4, 0.5) is 17.1 Å². The van der Waals surface area contributed by atoms with Crippen molar-refractivity contribution in [1.29, 1.82) is 0 Å². The summed E-state index contributed by atoms with van der Waals surface area (Å²) in [5.74, 6) is 0. The van der Waals surface area contributed by atoms with Crippen LogP contribution in [-0.2, 0) is 10.0 Å². The van der Waals surface area contributed by atoms with E-state index in [4.69, 9.17) is 0 Å². The van der Waals surface area contributed by atoms with Crippen LogP contribution < -0.4 is 14.9 Å². The first-order valence-corrected chi connectivity index (χ1v) is 10.9. The van der Waals surface area contributed by atoms with Gasteiger partial charge in [-0.2, -0.15) is 0 Å². The van der Waals surface area contributed by atoms with Gasteiger partial charge in [0.1, 0.15) is 5.69 Å². The van der Waals surface area contributed by atoms with Gasteiger partial charge in [0.2, 0.25) is 10.0 Å². The van der Waals surface area contributed by atoms with Crippen LogP contribution in [0, 0.1) is 10.1 Å². The maximum atomic E-state index is 11.9.